The summed E-state index contributed by atoms with van der Waals surface area (Å²) in [5, 5.41) is 8.62. The van der Waals surface area contributed by atoms with Gasteiger partial charge in [0.05, 0.1) is 6.42 Å². The summed E-state index contributed by atoms with van der Waals surface area (Å²) in [5.74, 6) is -0.735. The largest absolute Gasteiger partial charge is 0.481 e. The Labute approximate surface area is 112 Å². The zero-order valence-corrected chi connectivity index (χ0v) is 12.1. The Bertz CT molecular complexity index is 183. The second-order valence-corrected chi connectivity index (χ2v) is 5.60. The predicted molar refractivity (Wildman–Crippen MR) is 76.9 cm³/mol. The lowest BCUT2D eigenvalue weighted by Crippen LogP contribution is -2.06. The lowest BCUT2D eigenvalue weighted by molar-refractivity contribution is -0.136. The third kappa shape index (κ3) is 13.8. The smallest absolute Gasteiger partial charge is 0.304 e. The van der Waals surface area contributed by atoms with Crippen molar-refractivity contribution in [3.63, 3.8) is 0 Å². The summed E-state index contributed by atoms with van der Waals surface area (Å²) in [6.45, 7) is 2.24. The lowest BCUT2D eigenvalue weighted by Gasteiger charge is -2.07. The van der Waals surface area contributed by atoms with Gasteiger partial charge >= 0.3 is 5.97 Å². The van der Waals surface area contributed by atoms with Gasteiger partial charge in [0.2, 0.25) is 0 Å². The maximum absolute atomic E-state index is 10.4. The van der Waals surface area contributed by atoms with Gasteiger partial charge in [0, 0.05) is 5.25 Å². The van der Waals surface area contributed by atoms with Crippen LogP contribution in [0.15, 0.2) is 0 Å². The van der Waals surface area contributed by atoms with Crippen LogP contribution in [0, 0.1) is 0 Å². The average molecular weight is 260 g/mol. The van der Waals surface area contributed by atoms with Crippen molar-refractivity contribution in [2.75, 3.05) is 0 Å². The van der Waals surface area contributed by atoms with E-state index in [0.717, 1.165) is 12.8 Å². The van der Waals surface area contributed by atoms with E-state index in [0.29, 0.717) is 0 Å². The van der Waals surface area contributed by atoms with Crippen LogP contribution in [-0.2, 0) is 4.79 Å². The molecule has 1 atom stereocenters. The van der Waals surface area contributed by atoms with Gasteiger partial charge in [0.1, 0.15) is 0 Å². The maximum atomic E-state index is 10.4. The minimum atomic E-state index is -0.735. The molecular formula is C14H28O2S. The van der Waals surface area contributed by atoms with Crippen LogP contribution in [-0.4, -0.2) is 16.3 Å². The first-order valence-electron chi connectivity index (χ1n) is 7.06. The molecule has 2 nitrogen and oxygen atoms in total. The van der Waals surface area contributed by atoms with Crippen LogP contribution in [0.4, 0.5) is 0 Å². The minimum Gasteiger partial charge on any atom is -0.481 e. The second-order valence-electron chi connectivity index (χ2n) is 4.87. The van der Waals surface area contributed by atoms with Crippen LogP contribution in [0.25, 0.3) is 0 Å². The van der Waals surface area contributed by atoms with Gasteiger partial charge in [0.15, 0.2) is 0 Å². The van der Waals surface area contributed by atoms with Crippen LogP contribution >= 0.6 is 12.6 Å². The zero-order chi connectivity index (χ0) is 12.9. The number of hydrogen-bond acceptors (Lipinski definition) is 2. The lowest BCUT2D eigenvalue weighted by atomic mass is 10.1. The standard InChI is InChI=1S/C14H28O2S/c1-2-3-4-5-6-7-8-9-10-11-13(17)12-14(15)16/h13,17H,2-12H2,1H3,(H,15,16). The Morgan fingerprint density at radius 2 is 1.47 bits per heavy atom. The molecule has 0 aliphatic rings. The normalized spacial score (nSPS) is 12.6. The quantitative estimate of drug-likeness (QED) is 0.395. The number of carboxylic acid groups (broad SMARTS) is 1. The van der Waals surface area contributed by atoms with Crippen molar-refractivity contribution in [3.8, 4) is 0 Å². The van der Waals surface area contributed by atoms with Gasteiger partial charge in [-0.05, 0) is 6.42 Å². The first-order chi connectivity index (χ1) is 8.16. The number of carbonyl (C=O) groups is 1. The van der Waals surface area contributed by atoms with Crippen molar-refractivity contribution in [1.29, 1.82) is 0 Å². The fourth-order valence-electron chi connectivity index (χ4n) is 1.99. The number of rotatable bonds is 12. The average Bonchev–Trinajstić information content (AvgIpc) is 2.26. The SMILES string of the molecule is CCCCCCCCCCCC(S)CC(=O)O. The van der Waals surface area contributed by atoms with Gasteiger partial charge in [-0.15, -0.1) is 0 Å². The summed E-state index contributed by atoms with van der Waals surface area (Å²) >= 11 is 4.27. The van der Waals surface area contributed by atoms with E-state index >= 15 is 0 Å². The Morgan fingerprint density at radius 3 is 1.94 bits per heavy atom. The molecule has 0 fully saturated rings. The Morgan fingerprint density at radius 1 is 1.00 bits per heavy atom. The van der Waals surface area contributed by atoms with Gasteiger partial charge < -0.3 is 5.11 Å². The van der Waals surface area contributed by atoms with E-state index in [1.54, 1.807) is 0 Å². The fraction of sp³-hybridized carbons (Fsp3) is 0.929. The summed E-state index contributed by atoms with van der Waals surface area (Å²) < 4.78 is 0. The third-order valence-corrected chi connectivity index (χ3v) is 3.49. The first kappa shape index (κ1) is 16.8. The molecule has 0 bridgehead atoms. The molecule has 0 aromatic heterocycles. The summed E-state index contributed by atoms with van der Waals surface area (Å²) in [6.07, 6.45) is 12.9. The van der Waals surface area contributed by atoms with Crippen LogP contribution in [0.5, 0.6) is 0 Å². The van der Waals surface area contributed by atoms with Crippen LogP contribution in [0.2, 0.25) is 0 Å². The van der Waals surface area contributed by atoms with E-state index in [4.69, 9.17) is 5.11 Å². The van der Waals surface area contributed by atoms with Gasteiger partial charge in [-0.1, -0.05) is 64.7 Å². The van der Waals surface area contributed by atoms with Crippen molar-refractivity contribution in [1.82, 2.24) is 0 Å². The Kier molecular flexibility index (Phi) is 12.2. The van der Waals surface area contributed by atoms with Gasteiger partial charge in [-0.25, -0.2) is 0 Å². The van der Waals surface area contributed by atoms with Crippen molar-refractivity contribution in [2.24, 2.45) is 0 Å². The molecule has 0 aromatic carbocycles. The summed E-state index contributed by atoms with van der Waals surface area (Å²) in [4.78, 5) is 10.4. The molecule has 0 aliphatic carbocycles. The second kappa shape index (κ2) is 12.3. The Hall–Kier alpha value is -0.180. The molecular weight excluding hydrogens is 232 g/mol. The third-order valence-electron chi connectivity index (χ3n) is 3.05. The number of carboxylic acids is 1. The molecule has 0 rings (SSSR count). The summed E-state index contributed by atoms with van der Waals surface area (Å²) in [5.41, 5.74) is 0. The molecule has 0 saturated carbocycles. The van der Waals surface area contributed by atoms with Crippen molar-refractivity contribution in [3.05, 3.63) is 0 Å². The molecule has 0 aliphatic heterocycles. The molecule has 1 unspecified atom stereocenters. The molecule has 102 valence electrons. The first-order valence-corrected chi connectivity index (χ1v) is 7.58. The Balaban J connectivity index is 3.10. The van der Waals surface area contributed by atoms with E-state index in [9.17, 15) is 4.79 Å². The molecule has 0 amide bonds. The van der Waals surface area contributed by atoms with E-state index in [1.807, 2.05) is 0 Å². The van der Waals surface area contributed by atoms with Crippen LogP contribution in [0.3, 0.4) is 0 Å². The van der Waals surface area contributed by atoms with Gasteiger partial charge in [-0.2, -0.15) is 12.6 Å². The molecule has 0 radical (unpaired) electrons. The highest BCUT2D eigenvalue weighted by Gasteiger charge is 2.07. The molecule has 1 N–H and O–H groups in total. The summed E-state index contributed by atoms with van der Waals surface area (Å²) in [7, 11) is 0. The molecule has 0 heterocycles. The van der Waals surface area contributed by atoms with Crippen molar-refractivity contribution < 1.29 is 9.90 Å². The monoisotopic (exact) mass is 260 g/mol. The van der Waals surface area contributed by atoms with Gasteiger partial charge in [0.25, 0.3) is 0 Å². The highest BCUT2D eigenvalue weighted by molar-refractivity contribution is 7.81. The topological polar surface area (TPSA) is 37.3 Å². The fourth-order valence-corrected chi connectivity index (χ4v) is 2.33. The van der Waals surface area contributed by atoms with E-state index in [1.165, 1.54) is 51.4 Å². The van der Waals surface area contributed by atoms with Crippen molar-refractivity contribution >= 4 is 18.6 Å². The van der Waals surface area contributed by atoms with E-state index < -0.39 is 5.97 Å². The number of unbranched alkanes of at least 4 members (excludes halogenated alkanes) is 8. The molecule has 17 heavy (non-hydrogen) atoms. The number of aliphatic carboxylic acids is 1. The van der Waals surface area contributed by atoms with Crippen LogP contribution < -0.4 is 0 Å². The molecule has 3 heteroatoms. The van der Waals surface area contributed by atoms with Crippen LogP contribution in [0.1, 0.15) is 77.6 Å². The highest BCUT2D eigenvalue weighted by atomic mass is 32.1. The molecule has 0 spiro atoms. The summed E-state index contributed by atoms with van der Waals surface area (Å²) in [6, 6.07) is 0. The molecule has 0 aromatic rings. The van der Waals surface area contributed by atoms with Crippen molar-refractivity contribution in [2.45, 2.75) is 82.8 Å². The minimum absolute atomic E-state index is 0.0389. The molecule has 0 saturated heterocycles. The number of thiol groups is 1. The van der Waals surface area contributed by atoms with E-state index in [-0.39, 0.29) is 11.7 Å². The predicted octanol–water partition coefficient (Wildman–Crippen LogP) is 4.68. The maximum Gasteiger partial charge on any atom is 0.304 e. The van der Waals surface area contributed by atoms with Gasteiger partial charge in [-0.3, -0.25) is 4.79 Å². The highest BCUT2D eigenvalue weighted by Crippen LogP contribution is 2.14. The zero-order valence-electron chi connectivity index (χ0n) is 11.2. The number of hydrogen-bond donors (Lipinski definition) is 2. The van der Waals surface area contributed by atoms with E-state index in [2.05, 4.69) is 19.6 Å².